The number of amides is 1. The Morgan fingerprint density at radius 3 is 3.33 bits per heavy atom. The Bertz CT molecular complexity index is 1290. The number of hydrogen-bond donors (Lipinski definition) is 2. The molecule has 5 heteroatoms. The molecule has 112 valence electrons. The third-order valence-corrected chi connectivity index (χ3v) is 2.64. The molecule has 0 bridgehead atoms. The van der Waals surface area contributed by atoms with Crippen LogP contribution in [-0.2, 0) is 17.5 Å². The van der Waals surface area contributed by atoms with Gasteiger partial charge in [0.2, 0.25) is 0 Å². The van der Waals surface area contributed by atoms with Crippen LogP contribution < -0.4 is 5.31 Å². The fraction of sp³-hybridized carbons (Fsp3) is 0.438. The Morgan fingerprint density at radius 1 is 1.67 bits per heavy atom. The maximum absolute atomic E-state index is 11.7. The van der Waals surface area contributed by atoms with E-state index < -0.39 is 103 Å². The molecule has 0 saturated carbocycles. The van der Waals surface area contributed by atoms with E-state index in [-0.39, 0.29) is 10.3 Å². The van der Waals surface area contributed by atoms with Crippen LogP contribution in [0.3, 0.4) is 0 Å². The average molecular weight is 304 g/mol. The molecule has 2 heterocycles. The molecule has 1 fully saturated rings. The number of carbonyl (C=O) groups is 1. The minimum Gasteiger partial charge on any atom is -0.447 e. The van der Waals surface area contributed by atoms with Crippen LogP contribution in [0.2, 0.25) is 2.82 Å². The zero-order valence-corrected chi connectivity index (χ0v) is 10.6. The Hall–Kier alpha value is -2.01. The molecule has 21 heavy (non-hydrogen) atoms. The normalized spacial score (nSPS) is 36.5. The number of nitrogens with zero attached hydrogens (tertiary/aromatic N) is 1. The van der Waals surface area contributed by atoms with Gasteiger partial charge in [-0.3, -0.25) is 0 Å². The van der Waals surface area contributed by atoms with E-state index in [0.717, 1.165) is 0 Å². The number of aromatic nitrogens is 1. The van der Waals surface area contributed by atoms with Gasteiger partial charge in [0.1, 0.15) is 6.61 Å². The molecule has 2 aromatic rings. The molecule has 1 amide bonds. The molecule has 1 aromatic heterocycles. The molecule has 1 saturated heterocycles. The summed E-state index contributed by atoms with van der Waals surface area (Å²) in [7, 11) is 0. The molecule has 1 aliphatic heterocycles. The molecule has 0 radical (unpaired) electrons. The maximum Gasteiger partial charge on any atom is 0.407 e. The summed E-state index contributed by atoms with van der Waals surface area (Å²) in [5.41, 5.74) is -2.25. The van der Waals surface area contributed by atoms with E-state index in [1.165, 1.54) is 0 Å². The van der Waals surface area contributed by atoms with Crippen LogP contribution in [0.25, 0.3) is 10.9 Å². The van der Waals surface area contributed by atoms with Crippen molar-refractivity contribution in [3.8, 4) is 0 Å². The Morgan fingerprint density at radius 2 is 2.57 bits per heavy atom. The number of aryl methyl sites for hydroxylation is 1. The lowest BCUT2D eigenvalue weighted by atomic mass is 10.0. The number of hydrogen-bond acceptors (Lipinski definition) is 3. The first-order valence-corrected chi connectivity index (χ1v) is 5.82. The Balaban J connectivity index is 2.36. The number of nitrogens with one attached hydrogen (secondary N) is 2. The first kappa shape index (κ1) is 4.26. The van der Waals surface area contributed by atoms with Crippen LogP contribution in [0.5, 0.6) is 0 Å². The zero-order chi connectivity index (χ0) is 29.5. The van der Waals surface area contributed by atoms with E-state index in [9.17, 15) is 4.79 Å². The van der Waals surface area contributed by atoms with Gasteiger partial charge in [-0.05, 0) is 50.0 Å². The number of alkyl carbamates (subject to hydrolysis) is 1. The fourth-order valence-electron chi connectivity index (χ4n) is 1.74. The smallest absolute Gasteiger partial charge is 0.407 e. The van der Waals surface area contributed by atoms with Gasteiger partial charge < -0.3 is 19.9 Å². The average Bonchev–Trinajstić information content (AvgIpc) is 3.13. The number of fused-ring (bicyclic) bond motifs is 1. The van der Waals surface area contributed by atoms with E-state index in [1.807, 2.05) is 0 Å². The minimum absolute atomic E-state index is 0.143. The van der Waals surface area contributed by atoms with Crippen molar-refractivity contribution in [2.24, 2.45) is 0 Å². The highest BCUT2D eigenvalue weighted by molar-refractivity contribution is 5.84. The second-order valence-corrected chi connectivity index (χ2v) is 4.08. The van der Waals surface area contributed by atoms with Crippen molar-refractivity contribution < 1.29 is 32.9 Å². The number of aromatic amines is 1. The highest BCUT2D eigenvalue weighted by Gasteiger charge is 2.22. The van der Waals surface area contributed by atoms with Crippen LogP contribution in [0.1, 0.15) is 31.7 Å². The van der Waals surface area contributed by atoms with Crippen LogP contribution >= 0.6 is 0 Å². The summed E-state index contributed by atoms with van der Waals surface area (Å²) in [6, 6.07) is -5.76. The van der Waals surface area contributed by atoms with Gasteiger partial charge in [0.15, 0.2) is 2.82 Å². The summed E-state index contributed by atoms with van der Waals surface area (Å²) in [5, 5.41) is -0.773. The molecular formula is C16H21N3O2. The van der Waals surface area contributed by atoms with E-state index in [2.05, 4.69) is 4.74 Å². The molecule has 0 spiro atoms. The summed E-state index contributed by atoms with van der Waals surface area (Å²) in [5.74, 6) is 0. The largest absolute Gasteiger partial charge is 0.447 e. The fourth-order valence-corrected chi connectivity index (χ4v) is 1.74. The third kappa shape index (κ3) is 3.19. The van der Waals surface area contributed by atoms with Crippen molar-refractivity contribution in [1.82, 2.24) is 15.2 Å². The topological polar surface area (TPSA) is 57.4 Å². The van der Waals surface area contributed by atoms with E-state index in [0.29, 0.717) is 0 Å². The minimum atomic E-state index is -3.50. The van der Waals surface area contributed by atoms with Gasteiger partial charge in [-0.15, -0.1) is 0 Å². The Kier molecular flexibility index (Phi) is 1.17. The second kappa shape index (κ2) is 5.77. The monoisotopic (exact) mass is 304 g/mol. The number of carbonyl (C=O) groups excluding carboxylic acids is 1. The lowest BCUT2D eigenvalue weighted by molar-refractivity contribution is 0.177. The van der Waals surface area contributed by atoms with Crippen molar-refractivity contribution in [3.63, 3.8) is 0 Å². The van der Waals surface area contributed by atoms with Crippen molar-refractivity contribution >= 4 is 17.0 Å². The molecule has 0 unspecified atom stereocenters. The first-order chi connectivity index (χ1) is 16.9. The number of likely N-dealkylation sites (N-methyl/N-ethyl adjacent to an activating group) is 1. The van der Waals surface area contributed by atoms with Gasteiger partial charge in [-0.1, -0.05) is 6.04 Å². The van der Waals surface area contributed by atoms with Gasteiger partial charge in [0.25, 0.3) is 0 Å². The first-order valence-electron chi connectivity index (χ1n) is 14.2. The highest BCUT2D eigenvalue weighted by Crippen LogP contribution is 2.21. The Labute approximate surface area is 148 Å². The number of cyclic esters (lactones) is 1. The molecule has 3 rings (SSSR count). The van der Waals surface area contributed by atoms with Gasteiger partial charge in [0, 0.05) is 37.3 Å². The summed E-state index contributed by atoms with van der Waals surface area (Å²) >= 11 is 0. The van der Waals surface area contributed by atoms with E-state index in [4.69, 9.17) is 23.4 Å². The predicted molar refractivity (Wildman–Crippen MR) is 82.5 cm³/mol. The predicted octanol–water partition coefficient (Wildman–Crippen LogP) is 1.92. The van der Waals surface area contributed by atoms with Gasteiger partial charge in [-0.2, -0.15) is 0 Å². The van der Waals surface area contributed by atoms with Crippen LogP contribution in [-0.4, -0.2) is 49.0 Å². The van der Waals surface area contributed by atoms with E-state index in [1.54, 1.807) is 0 Å². The standard InChI is InChI=1S/C16H21N3O2/c1-19(2)6-5-12-9-17-15-4-3-11(8-14(12)15)7-13-10-21-16(20)18-13/h3-4,8-9,13,17H,5-7,10H2,1-2H3,(H,18,20)/t13-/m0/s1/i1D3,2D3,3D,4D,6D2,7D2,8D,9D,13D/hD2. The van der Waals surface area contributed by atoms with Crippen LogP contribution in [0, 0.1) is 0 Å². The summed E-state index contributed by atoms with van der Waals surface area (Å²) in [4.78, 5) is 11.5. The summed E-state index contributed by atoms with van der Waals surface area (Å²) in [6.45, 7) is -11.2. The molecule has 5 nitrogen and oxygen atoms in total. The molecule has 1 aromatic carbocycles. The van der Waals surface area contributed by atoms with Crippen molar-refractivity contribution in [2.75, 3.05) is 27.1 Å². The molecule has 1 atom stereocenters. The second-order valence-electron chi connectivity index (χ2n) is 4.08. The van der Waals surface area contributed by atoms with E-state index >= 15 is 0 Å². The number of rotatable bonds is 5. The lowest BCUT2D eigenvalue weighted by Gasteiger charge is -2.09. The number of ether oxygens (including phenoxy) is 1. The number of H-pyrrole nitrogens is 1. The van der Waals surface area contributed by atoms with Crippen molar-refractivity contribution in [1.29, 1.82) is 0 Å². The van der Waals surface area contributed by atoms with Crippen LogP contribution in [0.4, 0.5) is 4.79 Å². The highest BCUT2D eigenvalue weighted by atomic mass is 16.6. The quantitative estimate of drug-likeness (QED) is 0.887. The summed E-state index contributed by atoms with van der Waals surface area (Å²) in [6.07, 6.45) is -6.72. The van der Waals surface area contributed by atoms with Gasteiger partial charge >= 0.3 is 6.09 Å². The van der Waals surface area contributed by atoms with Gasteiger partial charge in [-0.25, -0.2) is 4.79 Å². The molecule has 0 aliphatic carbocycles. The zero-order valence-electron chi connectivity index (χ0n) is 27.6. The lowest BCUT2D eigenvalue weighted by Crippen LogP contribution is -2.28. The van der Waals surface area contributed by atoms with Crippen molar-refractivity contribution in [2.45, 2.75) is 18.8 Å². The molecular weight excluding hydrogens is 266 g/mol. The maximum atomic E-state index is 11.7. The third-order valence-electron chi connectivity index (χ3n) is 2.64. The molecule has 2 N–H and O–H groups in total. The van der Waals surface area contributed by atoms with Gasteiger partial charge in [0.05, 0.1) is 12.9 Å². The van der Waals surface area contributed by atoms with Crippen molar-refractivity contribution in [3.05, 3.63) is 35.4 Å². The van der Waals surface area contributed by atoms with Crippen LogP contribution in [0.15, 0.2) is 24.3 Å². The molecule has 1 aliphatic rings. The summed E-state index contributed by atoms with van der Waals surface area (Å²) < 4.78 is 141. The number of benzene rings is 1. The SMILES string of the molecule is [2H]c1c(C([2H])([2H])[C@@]2([2H])COC(=O)N2[2H])c([2H])c2c(CC([2H])([2H])N(C([2H])([2H])[2H])C([2H])([2H])[2H])c([2H])n([2H])c2c1[2H].